The molecule has 1 aliphatic heterocycles. The molecule has 1 fully saturated rings. The van der Waals surface area contributed by atoms with Crippen LogP contribution in [0.1, 0.15) is 55.8 Å². The molecule has 4 rings (SSSR count). The number of nitrogens with zero attached hydrogens (tertiary/aromatic N) is 1. The zero-order valence-electron chi connectivity index (χ0n) is 17.2. The van der Waals surface area contributed by atoms with E-state index < -0.39 is 0 Å². The summed E-state index contributed by atoms with van der Waals surface area (Å²) in [5.74, 6) is 3.85. The first-order valence-corrected chi connectivity index (χ1v) is 10.7. The normalized spacial score (nSPS) is 16.9. The van der Waals surface area contributed by atoms with Crippen molar-refractivity contribution in [1.29, 1.82) is 0 Å². The molecule has 6 heteroatoms. The minimum absolute atomic E-state index is 0. The molecule has 150 valence electrons. The molecule has 3 N–H and O–H groups in total. The number of rotatable bonds is 4. The second-order valence-electron chi connectivity index (χ2n) is 7.05. The first-order chi connectivity index (χ1) is 13.2. The van der Waals surface area contributed by atoms with Crippen LogP contribution in [0.2, 0.25) is 0 Å². The summed E-state index contributed by atoms with van der Waals surface area (Å²) in [7, 11) is 1.95. The summed E-state index contributed by atoms with van der Waals surface area (Å²) >= 11 is 1.99. The van der Waals surface area contributed by atoms with E-state index in [-0.39, 0.29) is 31.1 Å². The van der Waals surface area contributed by atoms with Gasteiger partial charge in [0, 0.05) is 35.0 Å². The molecule has 1 saturated carbocycles. The summed E-state index contributed by atoms with van der Waals surface area (Å²) in [6.45, 7) is 11.2. The Morgan fingerprint density at radius 2 is 1.96 bits per heavy atom. The fraction of sp³-hybridized carbons (Fsp3) is 0.455. The number of anilines is 2. The van der Waals surface area contributed by atoms with E-state index in [1.165, 1.54) is 36.1 Å². The molecule has 1 aliphatic carbocycles. The maximum Gasteiger partial charge on any atom is 2.00 e. The molecule has 0 bridgehead atoms. The summed E-state index contributed by atoms with van der Waals surface area (Å²) in [5, 5.41) is 14.0. The van der Waals surface area contributed by atoms with Crippen LogP contribution in [-0.4, -0.2) is 23.3 Å². The molecule has 0 amide bonds. The molecule has 0 radical (unpaired) electrons. The second-order valence-corrected chi connectivity index (χ2v) is 8.04. The van der Waals surface area contributed by atoms with Gasteiger partial charge in [-0.3, -0.25) is 11.7 Å². The first-order valence-electron chi connectivity index (χ1n) is 9.57. The Morgan fingerprint density at radius 3 is 2.61 bits per heavy atom. The minimum atomic E-state index is 0. The second kappa shape index (κ2) is 13.5. The van der Waals surface area contributed by atoms with Crippen LogP contribution in [0.3, 0.4) is 0 Å². The zero-order chi connectivity index (χ0) is 19.6. The van der Waals surface area contributed by atoms with Gasteiger partial charge >= 0.3 is 31.1 Å². The van der Waals surface area contributed by atoms with E-state index in [1.807, 2.05) is 18.8 Å². The summed E-state index contributed by atoms with van der Waals surface area (Å²) < 4.78 is 0. The number of aromatic nitrogens is 2. The van der Waals surface area contributed by atoms with E-state index in [9.17, 15) is 0 Å². The van der Waals surface area contributed by atoms with Crippen LogP contribution < -0.4 is 10.6 Å². The molecule has 1 aromatic carbocycles. The fourth-order valence-corrected chi connectivity index (χ4v) is 4.14. The Labute approximate surface area is 198 Å². The molecule has 28 heavy (non-hydrogen) atoms. The molecule has 0 spiro atoms. The van der Waals surface area contributed by atoms with Crippen LogP contribution in [0.5, 0.6) is 0 Å². The fourth-order valence-electron chi connectivity index (χ4n) is 3.05. The SMILES string of the molecule is CNC(C)C.[CH-]=C.[U+2].c1cc2c(cc1Nc1cc(C3C[CH-]CC3)[nH]n1)CSC2. The predicted octanol–water partition coefficient (Wildman–Crippen LogP) is 5.59. The van der Waals surface area contributed by atoms with E-state index >= 15 is 0 Å². The van der Waals surface area contributed by atoms with E-state index in [0.717, 1.165) is 23.0 Å². The smallest absolute Gasteiger partial charge is 0.521 e. The summed E-state index contributed by atoms with van der Waals surface area (Å²) in [6, 6.07) is 9.44. The van der Waals surface area contributed by atoms with Crippen molar-refractivity contribution < 1.29 is 31.1 Å². The van der Waals surface area contributed by atoms with Crippen LogP contribution in [-0.2, 0) is 11.5 Å². The summed E-state index contributed by atoms with van der Waals surface area (Å²) in [4.78, 5) is 0. The number of benzene rings is 1. The van der Waals surface area contributed by atoms with E-state index in [1.54, 1.807) is 0 Å². The van der Waals surface area contributed by atoms with Gasteiger partial charge in [-0.05, 0) is 36.2 Å². The van der Waals surface area contributed by atoms with E-state index in [0.29, 0.717) is 12.0 Å². The molecule has 2 aromatic rings. The van der Waals surface area contributed by atoms with Gasteiger partial charge in [0.05, 0.1) is 0 Å². The van der Waals surface area contributed by atoms with Gasteiger partial charge in [0.25, 0.3) is 0 Å². The molecule has 4 nitrogen and oxygen atoms in total. The maximum absolute atomic E-state index is 4.39. The van der Waals surface area contributed by atoms with Gasteiger partial charge in [0.1, 0.15) is 0 Å². The monoisotopic (exact) mass is 622 g/mol. The number of thioether (sulfide) groups is 1. The molecule has 2 heterocycles. The van der Waals surface area contributed by atoms with Crippen molar-refractivity contribution in [3.8, 4) is 0 Å². The van der Waals surface area contributed by atoms with Gasteiger partial charge in [-0.25, -0.2) is 0 Å². The van der Waals surface area contributed by atoms with Crippen molar-refractivity contribution >= 4 is 23.3 Å². The Balaban J connectivity index is 0.000000432. The van der Waals surface area contributed by atoms with Crippen molar-refractivity contribution in [3.63, 3.8) is 0 Å². The molecule has 1 atom stereocenters. The molecule has 0 saturated heterocycles. The quantitative estimate of drug-likeness (QED) is 0.390. The van der Waals surface area contributed by atoms with Gasteiger partial charge < -0.3 is 23.6 Å². The van der Waals surface area contributed by atoms with Gasteiger partial charge in [-0.15, -0.1) is 0 Å². The average molecular weight is 623 g/mol. The van der Waals surface area contributed by atoms with Crippen molar-refractivity contribution in [1.82, 2.24) is 15.5 Å². The third-order valence-electron chi connectivity index (χ3n) is 4.78. The molecule has 1 aromatic heterocycles. The predicted molar refractivity (Wildman–Crippen MR) is 118 cm³/mol. The third kappa shape index (κ3) is 7.63. The van der Waals surface area contributed by atoms with Crippen LogP contribution in [0.4, 0.5) is 11.5 Å². The summed E-state index contributed by atoms with van der Waals surface area (Å²) in [5.41, 5.74) is 5.34. The number of H-pyrrole nitrogens is 1. The van der Waals surface area contributed by atoms with Crippen molar-refractivity contribution in [2.24, 2.45) is 0 Å². The summed E-state index contributed by atoms with van der Waals surface area (Å²) in [6.07, 6.45) is 6.03. The Bertz CT molecular complexity index is 696. The number of hydrogen-bond donors (Lipinski definition) is 3. The molecule has 2 aliphatic rings. The van der Waals surface area contributed by atoms with Gasteiger partial charge in [0.15, 0.2) is 5.82 Å². The number of hydrogen-bond acceptors (Lipinski definition) is 4. The van der Waals surface area contributed by atoms with Crippen molar-refractivity contribution in [2.45, 2.75) is 56.6 Å². The van der Waals surface area contributed by atoms with Crippen LogP contribution in [0, 0.1) is 44.1 Å². The van der Waals surface area contributed by atoms with Crippen LogP contribution in [0.15, 0.2) is 30.8 Å². The molecular weight excluding hydrogens is 590 g/mol. The number of nitrogens with one attached hydrogen (secondary N) is 3. The largest absolute Gasteiger partial charge is 2.00 e. The van der Waals surface area contributed by atoms with Crippen molar-refractivity contribution in [3.05, 3.63) is 60.7 Å². The Hall–Kier alpha value is -0.668. The van der Waals surface area contributed by atoms with Gasteiger partial charge in [0.2, 0.25) is 0 Å². The first kappa shape index (κ1) is 25.4. The molecular formula is C22H32N4SU. The van der Waals surface area contributed by atoms with E-state index in [2.05, 4.69) is 78.5 Å². The average Bonchev–Trinajstić information content (AvgIpc) is 3.44. The zero-order valence-corrected chi connectivity index (χ0v) is 22.2. The third-order valence-corrected chi connectivity index (χ3v) is 5.81. The minimum Gasteiger partial charge on any atom is -0.521 e. The molecule has 1 unspecified atom stereocenters. The van der Waals surface area contributed by atoms with Gasteiger partial charge in [-0.1, -0.05) is 26.3 Å². The maximum atomic E-state index is 4.39. The van der Waals surface area contributed by atoms with Gasteiger partial charge in [-0.2, -0.15) is 29.7 Å². The number of aromatic amines is 1. The topological polar surface area (TPSA) is 52.7 Å². The van der Waals surface area contributed by atoms with Crippen LogP contribution >= 0.6 is 11.8 Å². The standard InChI is InChI=1S/C16H18N3S.C4H11N.C2H3.U/c1-2-4-11(3-1)15-8-16(19-18-15)17-14-6-5-12-9-20-10-13(12)7-14;1-4(2)5-3;1-2;/h1,5-8,11H,2-4,9-10H2,(H2,17,18,19);4-5H,1-3H3;1H,2H2;/q-1;;-1;+2. The van der Waals surface area contributed by atoms with Crippen LogP contribution in [0.25, 0.3) is 0 Å². The Kier molecular flexibility index (Phi) is 12.3. The number of fused-ring (bicyclic) bond motifs is 1. The van der Waals surface area contributed by atoms with Crippen molar-refractivity contribution in [2.75, 3.05) is 12.4 Å². The van der Waals surface area contributed by atoms with E-state index in [4.69, 9.17) is 0 Å². The Morgan fingerprint density at radius 1 is 1.25 bits per heavy atom.